The molecule has 0 atom stereocenters. The molecule has 2 heteroatoms. The smallest absolute Gasteiger partial charge is 0.332 e. The zero-order valence-electron chi connectivity index (χ0n) is 10.9. The highest BCUT2D eigenvalue weighted by molar-refractivity contribution is 5.97. The van der Waals surface area contributed by atoms with E-state index in [1.165, 1.54) is 0 Å². The number of rotatable bonds is 4. The molecule has 0 spiro atoms. The summed E-state index contributed by atoms with van der Waals surface area (Å²) in [6.07, 6.45) is 0. The maximum atomic E-state index is 11.4. The van der Waals surface area contributed by atoms with Crippen molar-refractivity contribution in [1.29, 1.82) is 0 Å². The fourth-order valence-electron chi connectivity index (χ4n) is 2.09. The number of carbonyl (C=O) groups is 1. The lowest BCUT2D eigenvalue weighted by atomic mass is 9.86. The van der Waals surface area contributed by atoms with Gasteiger partial charge in [0, 0.05) is 5.57 Å². The fraction of sp³-hybridized carbons (Fsp3) is 0.400. The first-order valence-electron chi connectivity index (χ1n) is 5.98. The van der Waals surface area contributed by atoms with Crippen LogP contribution in [0.1, 0.15) is 33.3 Å². The summed E-state index contributed by atoms with van der Waals surface area (Å²) in [6.45, 7) is 7.92. The van der Waals surface area contributed by atoms with Crippen LogP contribution in [-0.2, 0) is 4.79 Å². The van der Waals surface area contributed by atoms with E-state index in [2.05, 4.69) is 0 Å². The summed E-state index contributed by atoms with van der Waals surface area (Å²) >= 11 is 0. The van der Waals surface area contributed by atoms with Crippen molar-refractivity contribution in [2.45, 2.75) is 27.7 Å². The molecular weight excluding hydrogens is 212 g/mol. The Bertz CT molecular complexity index is 414. The van der Waals surface area contributed by atoms with Gasteiger partial charge in [0.1, 0.15) is 0 Å². The van der Waals surface area contributed by atoms with Gasteiger partial charge in [-0.3, -0.25) is 0 Å². The van der Waals surface area contributed by atoms with Crippen LogP contribution in [-0.4, -0.2) is 11.1 Å². The van der Waals surface area contributed by atoms with E-state index in [0.29, 0.717) is 5.57 Å². The molecule has 0 aliphatic carbocycles. The highest BCUT2D eigenvalue weighted by Crippen LogP contribution is 2.30. The lowest BCUT2D eigenvalue weighted by molar-refractivity contribution is -0.133. The van der Waals surface area contributed by atoms with Crippen LogP contribution < -0.4 is 0 Å². The van der Waals surface area contributed by atoms with Crippen LogP contribution in [0.3, 0.4) is 0 Å². The standard InChI is InChI=1S/C15H20O2/c1-10(2)13(12-8-6-5-7-9-12)14(11(3)4)15(16)17/h5-11H,1-4H3,(H,16,17). The molecule has 0 saturated heterocycles. The molecule has 17 heavy (non-hydrogen) atoms. The number of benzene rings is 1. The zero-order valence-corrected chi connectivity index (χ0v) is 10.9. The SMILES string of the molecule is CC(C)C(C(=O)O)=C(c1ccccc1)C(C)C. The average molecular weight is 232 g/mol. The van der Waals surface area contributed by atoms with Crippen molar-refractivity contribution < 1.29 is 9.90 Å². The maximum Gasteiger partial charge on any atom is 0.332 e. The molecule has 0 bridgehead atoms. The van der Waals surface area contributed by atoms with E-state index in [9.17, 15) is 9.90 Å². The van der Waals surface area contributed by atoms with E-state index < -0.39 is 5.97 Å². The van der Waals surface area contributed by atoms with E-state index in [1.54, 1.807) is 0 Å². The van der Waals surface area contributed by atoms with Crippen LogP contribution in [0.15, 0.2) is 35.9 Å². The monoisotopic (exact) mass is 232 g/mol. The molecule has 0 saturated carbocycles. The van der Waals surface area contributed by atoms with Crippen LogP contribution in [0.2, 0.25) is 0 Å². The van der Waals surface area contributed by atoms with Crippen LogP contribution in [0.4, 0.5) is 0 Å². The van der Waals surface area contributed by atoms with Gasteiger partial charge in [-0.05, 0) is 23.0 Å². The number of hydrogen-bond acceptors (Lipinski definition) is 1. The maximum absolute atomic E-state index is 11.4. The normalized spacial score (nSPS) is 12.8. The zero-order chi connectivity index (χ0) is 13.0. The van der Waals surface area contributed by atoms with Crippen LogP contribution in [0, 0.1) is 11.8 Å². The van der Waals surface area contributed by atoms with Crippen molar-refractivity contribution in [1.82, 2.24) is 0 Å². The number of hydrogen-bond donors (Lipinski definition) is 1. The lowest BCUT2D eigenvalue weighted by Crippen LogP contribution is -2.13. The second kappa shape index (κ2) is 5.67. The van der Waals surface area contributed by atoms with Crippen molar-refractivity contribution in [2.75, 3.05) is 0 Å². The Morgan fingerprint density at radius 3 is 1.88 bits per heavy atom. The van der Waals surface area contributed by atoms with Crippen LogP contribution in [0.5, 0.6) is 0 Å². The molecule has 1 aromatic rings. The van der Waals surface area contributed by atoms with Crippen molar-refractivity contribution in [2.24, 2.45) is 11.8 Å². The van der Waals surface area contributed by atoms with Gasteiger partial charge in [-0.15, -0.1) is 0 Å². The summed E-state index contributed by atoms with van der Waals surface area (Å²) < 4.78 is 0. The Balaban J connectivity index is 3.43. The third kappa shape index (κ3) is 3.19. The molecule has 0 unspecified atom stereocenters. The quantitative estimate of drug-likeness (QED) is 0.801. The van der Waals surface area contributed by atoms with Gasteiger partial charge in [-0.1, -0.05) is 58.0 Å². The molecule has 0 heterocycles. The van der Waals surface area contributed by atoms with Gasteiger partial charge in [-0.2, -0.15) is 0 Å². The fourth-order valence-corrected chi connectivity index (χ4v) is 2.09. The van der Waals surface area contributed by atoms with Crippen LogP contribution in [0.25, 0.3) is 5.57 Å². The molecule has 1 N–H and O–H groups in total. The summed E-state index contributed by atoms with van der Waals surface area (Å²) in [7, 11) is 0. The van der Waals surface area contributed by atoms with Gasteiger partial charge in [0.25, 0.3) is 0 Å². The van der Waals surface area contributed by atoms with E-state index in [4.69, 9.17) is 0 Å². The first kappa shape index (κ1) is 13.5. The van der Waals surface area contributed by atoms with Gasteiger partial charge in [0.05, 0.1) is 0 Å². The molecular formula is C15H20O2. The molecule has 92 valence electrons. The molecule has 0 aliphatic heterocycles. The number of allylic oxidation sites excluding steroid dienone is 1. The Morgan fingerprint density at radius 1 is 1.00 bits per heavy atom. The molecule has 1 rings (SSSR count). The summed E-state index contributed by atoms with van der Waals surface area (Å²) in [5.74, 6) is -0.594. The van der Waals surface area contributed by atoms with E-state index in [1.807, 2.05) is 58.0 Å². The highest BCUT2D eigenvalue weighted by Gasteiger charge is 2.21. The van der Waals surface area contributed by atoms with E-state index in [-0.39, 0.29) is 11.8 Å². The van der Waals surface area contributed by atoms with Crippen molar-refractivity contribution in [3.8, 4) is 0 Å². The average Bonchev–Trinajstić information content (AvgIpc) is 2.25. The first-order chi connectivity index (χ1) is 7.95. The van der Waals surface area contributed by atoms with E-state index >= 15 is 0 Å². The van der Waals surface area contributed by atoms with Crippen LogP contribution >= 0.6 is 0 Å². The first-order valence-corrected chi connectivity index (χ1v) is 5.98. The minimum absolute atomic E-state index is 0.0186. The van der Waals surface area contributed by atoms with Gasteiger partial charge >= 0.3 is 5.97 Å². The second-order valence-corrected chi connectivity index (χ2v) is 4.81. The second-order valence-electron chi connectivity index (χ2n) is 4.81. The third-order valence-corrected chi connectivity index (χ3v) is 2.76. The van der Waals surface area contributed by atoms with E-state index in [0.717, 1.165) is 11.1 Å². The molecule has 0 aliphatic rings. The third-order valence-electron chi connectivity index (χ3n) is 2.76. The van der Waals surface area contributed by atoms with Gasteiger partial charge in [0.2, 0.25) is 0 Å². The van der Waals surface area contributed by atoms with Gasteiger partial charge in [-0.25, -0.2) is 4.79 Å². The Hall–Kier alpha value is -1.57. The summed E-state index contributed by atoms with van der Waals surface area (Å²) in [5, 5.41) is 9.37. The predicted molar refractivity (Wildman–Crippen MR) is 70.7 cm³/mol. The number of aliphatic carboxylic acids is 1. The minimum Gasteiger partial charge on any atom is -0.478 e. The van der Waals surface area contributed by atoms with Crippen molar-refractivity contribution in [3.63, 3.8) is 0 Å². The number of carboxylic acids is 1. The predicted octanol–water partition coefficient (Wildman–Crippen LogP) is 3.84. The molecule has 0 fully saturated rings. The van der Waals surface area contributed by atoms with Crippen molar-refractivity contribution >= 4 is 11.5 Å². The van der Waals surface area contributed by atoms with Gasteiger partial charge < -0.3 is 5.11 Å². The number of carboxylic acid groups (broad SMARTS) is 1. The molecule has 0 radical (unpaired) electrons. The van der Waals surface area contributed by atoms with Crippen molar-refractivity contribution in [3.05, 3.63) is 41.5 Å². The summed E-state index contributed by atoms with van der Waals surface area (Å²) in [5.41, 5.74) is 2.47. The lowest BCUT2D eigenvalue weighted by Gasteiger charge is -2.18. The topological polar surface area (TPSA) is 37.3 Å². The minimum atomic E-state index is -0.812. The summed E-state index contributed by atoms with van der Waals surface area (Å²) in [4.78, 5) is 11.4. The molecule has 2 nitrogen and oxygen atoms in total. The Kier molecular flexibility index (Phi) is 4.50. The molecule has 0 aromatic heterocycles. The Morgan fingerprint density at radius 2 is 1.53 bits per heavy atom. The molecule has 1 aromatic carbocycles. The van der Waals surface area contributed by atoms with Gasteiger partial charge in [0.15, 0.2) is 0 Å². The largest absolute Gasteiger partial charge is 0.478 e. The molecule has 0 amide bonds. The highest BCUT2D eigenvalue weighted by atomic mass is 16.4. The Labute approximate surface area is 103 Å². The summed E-state index contributed by atoms with van der Waals surface area (Å²) in [6, 6.07) is 9.77.